The van der Waals surface area contributed by atoms with Gasteiger partial charge in [-0.25, -0.2) is 4.98 Å². The molecule has 0 aliphatic heterocycles. The molecule has 1 heterocycles. The predicted molar refractivity (Wildman–Crippen MR) is 74.7 cm³/mol. The molecule has 0 aliphatic carbocycles. The largest absolute Gasteiger partial charge is 0.495 e. The van der Waals surface area contributed by atoms with Crippen LogP contribution in [-0.4, -0.2) is 12.1 Å². The van der Waals surface area contributed by atoms with Gasteiger partial charge >= 0.3 is 0 Å². The van der Waals surface area contributed by atoms with E-state index >= 15 is 0 Å². The summed E-state index contributed by atoms with van der Waals surface area (Å²) >= 11 is 5.94. The van der Waals surface area contributed by atoms with Crippen LogP contribution in [-0.2, 0) is 0 Å². The number of methoxy groups -OCH3 is 1. The summed E-state index contributed by atoms with van der Waals surface area (Å²) in [5.41, 5.74) is 7.23. The molecule has 96 valence electrons. The average Bonchev–Trinajstić information content (AvgIpc) is 2.43. The molecule has 0 aliphatic rings. The van der Waals surface area contributed by atoms with Crippen LogP contribution in [0.4, 0.5) is 17.2 Å². The van der Waals surface area contributed by atoms with E-state index < -0.39 is 0 Å². The minimum Gasteiger partial charge on any atom is -0.495 e. The van der Waals surface area contributed by atoms with E-state index in [4.69, 9.17) is 27.3 Å². The Balaban J connectivity index is 2.34. The Bertz CT molecular complexity index is 652. The maximum absolute atomic E-state index is 8.90. The van der Waals surface area contributed by atoms with Gasteiger partial charge in [-0.3, -0.25) is 0 Å². The Morgan fingerprint density at radius 1 is 1.42 bits per heavy atom. The van der Waals surface area contributed by atoms with Crippen molar-refractivity contribution >= 4 is 28.8 Å². The summed E-state index contributed by atoms with van der Waals surface area (Å²) in [5, 5.41) is 12.4. The highest BCUT2D eigenvalue weighted by Crippen LogP contribution is 2.30. The number of nitrogens with zero attached hydrogens (tertiary/aromatic N) is 2. The highest BCUT2D eigenvalue weighted by molar-refractivity contribution is 6.32. The van der Waals surface area contributed by atoms with Gasteiger partial charge in [0.2, 0.25) is 0 Å². The number of nitrogens with one attached hydrogen (secondary N) is 1. The number of rotatable bonds is 3. The van der Waals surface area contributed by atoms with E-state index in [-0.39, 0.29) is 0 Å². The van der Waals surface area contributed by atoms with Gasteiger partial charge < -0.3 is 15.8 Å². The lowest BCUT2D eigenvalue weighted by molar-refractivity contribution is 0.415. The van der Waals surface area contributed by atoms with Crippen molar-refractivity contribution in [1.82, 2.24) is 4.98 Å². The number of ether oxygens (including phenoxy) is 1. The number of nitriles is 1. The lowest BCUT2D eigenvalue weighted by Gasteiger charge is -2.10. The van der Waals surface area contributed by atoms with E-state index in [2.05, 4.69) is 10.3 Å². The van der Waals surface area contributed by atoms with Crippen LogP contribution in [0.15, 0.2) is 30.5 Å². The first-order valence-corrected chi connectivity index (χ1v) is 5.78. The molecular weight excluding hydrogens is 264 g/mol. The van der Waals surface area contributed by atoms with Crippen LogP contribution in [0.1, 0.15) is 5.56 Å². The zero-order valence-corrected chi connectivity index (χ0v) is 10.9. The molecule has 0 spiro atoms. The second-order valence-corrected chi connectivity index (χ2v) is 4.11. The predicted octanol–water partition coefficient (Wildman–Crippen LogP) is 2.94. The van der Waals surface area contributed by atoms with Gasteiger partial charge in [0.1, 0.15) is 11.8 Å². The number of nitrogens with two attached hydrogens (primary N) is 1. The van der Waals surface area contributed by atoms with Crippen LogP contribution in [0.3, 0.4) is 0 Å². The SMILES string of the molecule is COc1cc(Nc2nccc(C#N)c2N)ccc1Cl. The second kappa shape index (κ2) is 5.46. The summed E-state index contributed by atoms with van der Waals surface area (Å²) in [6, 6.07) is 8.76. The third-order valence-electron chi connectivity index (χ3n) is 2.52. The van der Waals surface area contributed by atoms with Crippen molar-refractivity contribution in [1.29, 1.82) is 5.26 Å². The number of nitrogen functional groups attached to an aromatic ring is 1. The molecule has 0 fully saturated rings. The molecule has 2 aromatic rings. The van der Waals surface area contributed by atoms with Crippen molar-refractivity contribution in [2.75, 3.05) is 18.2 Å². The molecule has 1 aromatic heterocycles. The number of hydrogen-bond donors (Lipinski definition) is 2. The van der Waals surface area contributed by atoms with Crippen LogP contribution >= 0.6 is 11.6 Å². The Morgan fingerprint density at radius 2 is 2.21 bits per heavy atom. The second-order valence-electron chi connectivity index (χ2n) is 3.71. The van der Waals surface area contributed by atoms with Crippen LogP contribution in [0.25, 0.3) is 0 Å². The zero-order chi connectivity index (χ0) is 13.8. The van der Waals surface area contributed by atoms with Crippen molar-refractivity contribution in [2.24, 2.45) is 0 Å². The van der Waals surface area contributed by atoms with Gasteiger partial charge in [-0.05, 0) is 18.2 Å². The molecule has 3 N–H and O–H groups in total. The fraction of sp³-hybridized carbons (Fsp3) is 0.0769. The third kappa shape index (κ3) is 2.69. The van der Waals surface area contributed by atoms with E-state index in [0.29, 0.717) is 27.8 Å². The Labute approximate surface area is 115 Å². The monoisotopic (exact) mass is 274 g/mol. The van der Waals surface area contributed by atoms with E-state index in [1.165, 1.54) is 13.3 Å². The van der Waals surface area contributed by atoms with Gasteiger partial charge in [-0.2, -0.15) is 5.26 Å². The molecule has 0 saturated heterocycles. The first-order valence-electron chi connectivity index (χ1n) is 5.41. The van der Waals surface area contributed by atoms with Crippen LogP contribution in [0.2, 0.25) is 5.02 Å². The smallest absolute Gasteiger partial charge is 0.154 e. The molecule has 19 heavy (non-hydrogen) atoms. The first kappa shape index (κ1) is 13.0. The van der Waals surface area contributed by atoms with Crippen molar-refractivity contribution in [3.63, 3.8) is 0 Å². The lowest BCUT2D eigenvalue weighted by atomic mass is 10.2. The highest BCUT2D eigenvalue weighted by Gasteiger charge is 2.08. The number of benzene rings is 1. The molecule has 6 heteroatoms. The normalized spacial score (nSPS) is 9.74. The van der Waals surface area contributed by atoms with Crippen molar-refractivity contribution in [3.05, 3.63) is 41.0 Å². The van der Waals surface area contributed by atoms with E-state index in [0.717, 1.165) is 5.69 Å². The molecule has 0 saturated carbocycles. The summed E-state index contributed by atoms with van der Waals surface area (Å²) < 4.78 is 5.12. The molecule has 2 rings (SSSR count). The number of anilines is 3. The Kier molecular flexibility index (Phi) is 3.74. The molecule has 0 bridgehead atoms. The lowest BCUT2D eigenvalue weighted by Crippen LogP contribution is -2.01. The van der Waals surface area contributed by atoms with Crippen molar-refractivity contribution in [3.8, 4) is 11.8 Å². The highest BCUT2D eigenvalue weighted by atomic mass is 35.5. The standard InChI is InChI=1S/C13H11ClN4O/c1-19-11-6-9(2-3-10(11)14)18-13-12(16)8(7-15)4-5-17-13/h2-6H,16H2,1H3,(H,17,18). The minimum atomic E-state index is 0.305. The molecule has 0 unspecified atom stereocenters. The van der Waals surface area contributed by atoms with Crippen LogP contribution in [0.5, 0.6) is 5.75 Å². The van der Waals surface area contributed by atoms with Crippen LogP contribution in [0, 0.1) is 11.3 Å². The summed E-state index contributed by atoms with van der Waals surface area (Å²) in [6.45, 7) is 0. The molecule has 0 radical (unpaired) electrons. The number of hydrogen-bond acceptors (Lipinski definition) is 5. The third-order valence-corrected chi connectivity index (χ3v) is 2.84. The van der Waals surface area contributed by atoms with Crippen LogP contribution < -0.4 is 15.8 Å². The van der Waals surface area contributed by atoms with Gasteiger partial charge in [0.25, 0.3) is 0 Å². The minimum absolute atomic E-state index is 0.305. The molecule has 1 aromatic carbocycles. The summed E-state index contributed by atoms with van der Waals surface area (Å²) in [4.78, 5) is 4.10. The topological polar surface area (TPSA) is 84.0 Å². The number of pyridine rings is 1. The zero-order valence-electron chi connectivity index (χ0n) is 10.1. The van der Waals surface area contributed by atoms with E-state index in [1.807, 2.05) is 6.07 Å². The molecular formula is C13H11ClN4O. The van der Waals surface area contributed by atoms with Gasteiger partial charge in [0.15, 0.2) is 5.82 Å². The fourth-order valence-electron chi connectivity index (χ4n) is 1.54. The summed E-state index contributed by atoms with van der Waals surface area (Å²) in [7, 11) is 1.54. The van der Waals surface area contributed by atoms with Gasteiger partial charge in [-0.1, -0.05) is 11.6 Å². The Morgan fingerprint density at radius 3 is 2.89 bits per heavy atom. The first-order chi connectivity index (χ1) is 9.15. The van der Waals surface area contributed by atoms with E-state index in [9.17, 15) is 0 Å². The average molecular weight is 275 g/mol. The maximum Gasteiger partial charge on any atom is 0.154 e. The molecule has 5 nitrogen and oxygen atoms in total. The van der Waals surface area contributed by atoms with Gasteiger partial charge in [0.05, 0.1) is 23.4 Å². The van der Waals surface area contributed by atoms with Crippen molar-refractivity contribution < 1.29 is 4.74 Å². The van der Waals surface area contributed by atoms with Gasteiger partial charge in [0, 0.05) is 18.0 Å². The van der Waals surface area contributed by atoms with Gasteiger partial charge in [-0.15, -0.1) is 0 Å². The molecule has 0 atom stereocenters. The Hall–Kier alpha value is -2.45. The summed E-state index contributed by atoms with van der Waals surface area (Å²) in [6.07, 6.45) is 1.52. The van der Waals surface area contributed by atoms with E-state index in [1.54, 1.807) is 24.3 Å². The molecule has 0 amide bonds. The van der Waals surface area contributed by atoms with Crippen molar-refractivity contribution in [2.45, 2.75) is 0 Å². The number of halogens is 1. The number of aromatic nitrogens is 1. The summed E-state index contributed by atoms with van der Waals surface area (Å²) in [5.74, 6) is 0.963. The fourth-order valence-corrected chi connectivity index (χ4v) is 1.74. The maximum atomic E-state index is 8.90. The quantitative estimate of drug-likeness (QED) is 0.899.